The van der Waals surface area contributed by atoms with Gasteiger partial charge < -0.3 is 14.4 Å². The van der Waals surface area contributed by atoms with Gasteiger partial charge in [-0.3, -0.25) is 9.78 Å². The minimum atomic E-state index is -0.165. The molecule has 0 bridgehead atoms. The summed E-state index contributed by atoms with van der Waals surface area (Å²) >= 11 is 0. The largest absolute Gasteiger partial charge is 0.492 e. The molecule has 3 aliphatic rings. The Morgan fingerprint density at radius 2 is 2.27 bits per heavy atom. The highest BCUT2D eigenvalue weighted by molar-refractivity contribution is 5.78. The standard InChI is InChI=1S/C17H22N2O3/c20-16(8-13-3-4-13)19-11-17(12-19)14(5-7-22-17)10-21-15-2-1-6-18-9-15/h1-2,6,9,13-14H,3-5,7-8,10-12H2. The number of hydrogen-bond donors (Lipinski definition) is 0. The van der Waals surface area contributed by atoms with Crippen molar-refractivity contribution in [1.29, 1.82) is 0 Å². The van der Waals surface area contributed by atoms with Gasteiger partial charge in [0.25, 0.3) is 0 Å². The molecule has 1 spiro atoms. The van der Waals surface area contributed by atoms with Crippen LogP contribution in [0.2, 0.25) is 0 Å². The molecule has 3 fully saturated rings. The van der Waals surface area contributed by atoms with Crippen LogP contribution in [0.15, 0.2) is 24.5 Å². The molecule has 1 amide bonds. The summed E-state index contributed by atoms with van der Waals surface area (Å²) in [5, 5.41) is 0. The molecular formula is C17H22N2O3. The zero-order valence-electron chi connectivity index (χ0n) is 12.7. The third-order valence-electron chi connectivity index (χ3n) is 5.12. The van der Waals surface area contributed by atoms with Crippen LogP contribution in [0.4, 0.5) is 0 Å². The minimum Gasteiger partial charge on any atom is -0.492 e. The Morgan fingerprint density at radius 1 is 1.41 bits per heavy atom. The summed E-state index contributed by atoms with van der Waals surface area (Å²) in [4.78, 5) is 18.2. The van der Waals surface area contributed by atoms with E-state index in [4.69, 9.17) is 9.47 Å². The number of hydrogen-bond acceptors (Lipinski definition) is 4. The SMILES string of the molecule is O=C(CC1CC1)N1CC2(C1)OCCC2COc1cccnc1. The Hall–Kier alpha value is -1.62. The van der Waals surface area contributed by atoms with Crippen LogP contribution in [0.1, 0.15) is 25.7 Å². The number of carbonyl (C=O) groups excluding carboxylic acids is 1. The summed E-state index contributed by atoms with van der Waals surface area (Å²) in [6, 6.07) is 3.79. The monoisotopic (exact) mass is 302 g/mol. The number of aromatic nitrogens is 1. The van der Waals surface area contributed by atoms with Gasteiger partial charge in [-0.05, 0) is 37.3 Å². The van der Waals surface area contributed by atoms with E-state index >= 15 is 0 Å². The summed E-state index contributed by atoms with van der Waals surface area (Å²) in [5.74, 6) is 2.11. The van der Waals surface area contributed by atoms with Crippen molar-refractivity contribution in [2.24, 2.45) is 11.8 Å². The number of rotatable bonds is 5. The van der Waals surface area contributed by atoms with E-state index < -0.39 is 0 Å². The van der Waals surface area contributed by atoms with Gasteiger partial charge in [-0.1, -0.05) is 0 Å². The van der Waals surface area contributed by atoms with Gasteiger partial charge >= 0.3 is 0 Å². The zero-order chi connectivity index (χ0) is 15.0. The van der Waals surface area contributed by atoms with Crippen LogP contribution in [0.25, 0.3) is 0 Å². The van der Waals surface area contributed by atoms with Crippen molar-refractivity contribution in [3.05, 3.63) is 24.5 Å². The first kappa shape index (κ1) is 14.0. The Bertz CT molecular complexity index is 538. The van der Waals surface area contributed by atoms with Crippen molar-refractivity contribution in [3.63, 3.8) is 0 Å². The van der Waals surface area contributed by atoms with Crippen LogP contribution in [-0.4, -0.2) is 47.7 Å². The molecule has 1 aliphatic carbocycles. The summed E-state index contributed by atoms with van der Waals surface area (Å²) in [5.41, 5.74) is -0.165. The van der Waals surface area contributed by atoms with Gasteiger partial charge in [0.15, 0.2) is 0 Å². The number of amides is 1. The molecule has 1 aromatic rings. The van der Waals surface area contributed by atoms with E-state index in [1.54, 1.807) is 12.4 Å². The average molecular weight is 302 g/mol. The fourth-order valence-corrected chi connectivity index (χ4v) is 3.47. The molecule has 1 unspecified atom stereocenters. The van der Waals surface area contributed by atoms with Crippen molar-refractivity contribution in [1.82, 2.24) is 9.88 Å². The molecule has 22 heavy (non-hydrogen) atoms. The quantitative estimate of drug-likeness (QED) is 0.833. The lowest BCUT2D eigenvalue weighted by Gasteiger charge is -2.50. The number of ether oxygens (including phenoxy) is 2. The van der Waals surface area contributed by atoms with Gasteiger partial charge in [0.1, 0.15) is 11.4 Å². The average Bonchev–Trinajstić information content (AvgIpc) is 3.20. The minimum absolute atomic E-state index is 0.165. The molecule has 118 valence electrons. The highest BCUT2D eigenvalue weighted by Gasteiger charge is 2.54. The van der Waals surface area contributed by atoms with Gasteiger partial charge in [-0.15, -0.1) is 0 Å². The molecule has 5 heteroatoms. The van der Waals surface area contributed by atoms with Crippen molar-refractivity contribution in [2.45, 2.75) is 31.3 Å². The Morgan fingerprint density at radius 3 is 3.00 bits per heavy atom. The molecule has 0 N–H and O–H groups in total. The molecule has 3 heterocycles. The van der Waals surface area contributed by atoms with Crippen LogP contribution in [-0.2, 0) is 9.53 Å². The van der Waals surface area contributed by atoms with Crippen LogP contribution < -0.4 is 4.74 Å². The van der Waals surface area contributed by atoms with Crippen molar-refractivity contribution >= 4 is 5.91 Å². The normalized spacial score (nSPS) is 26.0. The Balaban J connectivity index is 1.31. The lowest BCUT2D eigenvalue weighted by molar-refractivity contribution is -0.167. The number of carbonyl (C=O) groups is 1. The fraction of sp³-hybridized carbons (Fsp3) is 0.647. The molecule has 5 nitrogen and oxygen atoms in total. The van der Waals surface area contributed by atoms with E-state index in [1.807, 2.05) is 17.0 Å². The van der Waals surface area contributed by atoms with E-state index in [0.717, 1.165) is 38.3 Å². The van der Waals surface area contributed by atoms with E-state index in [9.17, 15) is 4.79 Å². The van der Waals surface area contributed by atoms with Crippen molar-refractivity contribution in [3.8, 4) is 5.75 Å². The van der Waals surface area contributed by atoms with Crippen LogP contribution in [0.3, 0.4) is 0 Å². The summed E-state index contributed by atoms with van der Waals surface area (Å²) in [6.07, 6.45) is 7.65. The van der Waals surface area contributed by atoms with Crippen LogP contribution in [0, 0.1) is 11.8 Å². The second-order valence-electron chi connectivity index (χ2n) is 6.80. The molecule has 1 atom stereocenters. The summed E-state index contributed by atoms with van der Waals surface area (Å²) < 4.78 is 11.8. The highest BCUT2D eigenvalue weighted by atomic mass is 16.5. The maximum atomic E-state index is 12.1. The smallest absolute Gasteiger partial charge is 0.223 e. The summed E-state index contributed by atoms with van der Waals surface area (Å²) in [7, 11) is 0. The predicted octanol–water partition coefficient (Wildman–Crippen LogP) is 1.88. The van der Waals surface area contributed by atoms with Gasteiger partial charge in [0, 0.05) is 25.1 Å². The number of likely N-dealkylation sites (tertiary alicyclic amines) is 1. The third kappa shape index (κ3) is 2.70. The number of nitrogens with zero attached hydrogens (tertiary/aromatic N) is 2. The van der Waals surface area contributed by atoms with Gasteiger partial charge in [0.2, 0.25) is 5.91 Å². The molecule has 2 saturated heterocycles. The summed E-state index contributed by atoms with van der Waals surface area (Å²) in [6.45, 7) is 2.88. The highest BCUT2D eigenvalue weighted by Crippen LogP contribution is 2.41. The maximum Gasteiger partial charge on any atom is 0.223 e. The molecule has 0 radical (unpaired) electrons. The topological polar surface area (TPSA) is 51.7 Å². The van der Waals surface area contributed by atoms with E-state index in [2.05, 4.69) is 4.98 Å². The van der Waals surface area contributed by atoms with Crippen molar-refractivity contribution in [2.75, 3.05) is 26.3 Å². The predicted molar refractivity (Wildman–Crippen MR) is 80.4 cm³/mol. The van der Waals surface area contributed by atoms with E-state index in [0.29, 0.717) is 24.3 Å². The first-order chi connectivity index (χ1) is 10.8. The van der Waals surface area contributed by atoms with E-state index in [-0.39, 0.29) is 5.60 Å². The molecule has 4 rings (SSSR count). The first-order valence-electron chi connectivity index (χ1n) is 8.20. The van der Waals surface area contributed by atoms with E-state index in [1.165, 1.54) is 12.8 Å². The van der Waals surface area contributed by atoms with Crippen LogP contribution >= 0.6 is 0 Å². The number of pyridine rings is 1. The molecule has 1 aromatic heterocycles. The molecule has 2 aliphatic heterocycles. The lowest BCUT2D eigenvalue weighted by atomic mass is 9.81. The first-order valence-corrected chi connectivity index (χ1v) is 8.20. The van der Waals surface area contributed by atoms with Crippen molar-refractivity contribution < 1.29 is 14.3 Å². The maximum absolute atomic E-state index is 12.1. The second-order valence-corrected chi connectivity index (χ2v) is 6.80. The zero-order valence-corrected chi connectivity index (χ0v) is 12.7. The van der Waals surface area contributed by atoms with Crippen LogP contribution in [0.5, 0.6) is 5.75 Å². The molecule has 0 aromatic carbocycles. The van der Waals surface area contributed by atoms with Gasteiger partial charge in [-0.25, -0.2) is 0 Å². The third-order valence-corrected chi connectivity index (χ3v) is 5.12. The second kappa shape index (κ2) is 5.54. The lowest BCUT2D eigenvalue weighted by Crippen LogP contribution is -2.66. The Labute approximate surface area is 130 Å². The van der Waals surface area contributed by atoms with Gasteiger partial charge in [0.05, 0.1) is 25.9 Å². The molecule has 1 saturated carbocycles. The Kier molecular flexibility index (Phi) is 3.53. The van der Waals surface area contributed by atoms with Gasteiger partial charge in [-0.2, -0.15) is 0 Å². The molecular weight excluding hydrogens is 280 g/mol. The fourth-order valence-electron chi connectivity index (χ4n) is 3.47.